The van der Waals surface area contributed by atoms with E-state index < -0.39 is 0 Å². The van der Waals surface area contributed by atoms with Crippen LogP contribution in [0.4, 0.5) is 0 Å². The first-order valence-corrected chi connectivity index (χ1v) is 40.5. The van der Waals surface area contributed by atoms with Crippen molar-refractivity contribution < 1.29 is 23.7 Å². The standard InChI is InChI=1S/C25H33N3O.C23H35N3O.C22H33N3O2.C21H31N3O/c1-5-6-16-27(4)18-23-19-28(17-21-10-8-7-9-11-21)26-25(23)22-12-14-24(15-13-22)29-20(2)3;1-5-6-15-25(4)17-20-16-24-26(21-9-7-8-10-21)23(20)19-11-13-22(14-12-19)27-18(2)3;1-5-6-12-24(4)14-19-15-25(20-11-13-26-16-20)23-22(19)18-7-9-21(10-8-18)27-17(2)3;1-6-8-14-23(5)15-19-16-24(13-7-2)22-21(19)18-9-11-20(12-10-18)25-17(3)4/h7-15,19-20H,5-6,16-18H2,1-4H3;11-14,16,18,21H,5-10,15,17H2,1-4H3;7-10,15,17,20H,5-6,11-14,16H2,1-4H3;7,9-12,16-17H,2,6,8,13-15H2,1,3-5H3. The second-order valence-electron chi connectivity index (χ2n) is 30.7. The summed E-state index contributed by atoms with van der Waals surface area (Å²) in [5.41, 5.74) is 15.5. The lowest BCUT2D eigenvalue weighted by Gasteiger charge is -2.19. The average Bonchev–Trinajstić information content (AvgIpc) is 1.62. The summed E-state index contributed by atoms with van der Waals surface area (Å²) < 4.78 is 37.1. The Kier molecular flexibility index (Phi) is 35.5. The molecule has 1 saturated carbocycles. The molecule has 2 aliphatic rings. The quantitative estimate of drug-likeness (QED) is 0.0341. The van der Waals surface area contributed by atoms with E-state index in [1.54, 1.807) is 0 Å². The van der Waals surface area contributed by atoms with E-state index in [4.69, 9.17) is 44.1 Å². The Morgan fingerprint density at radius 2 is 0.833 bits per heavy atom. The highest BCUT2D eigenvalue weighted by atomic mass is 16.5. The van der Waals surface area contributed by atoms with Gasteiger partial charge in [-0.05, 0) is 257 Å². The molecular weight excluding hydrogens is 1340 g/mol. The summed E-state index contributed by atoms with van der Waals surface area (Å²) in [5.74, 6) is 3.63. The van der Waals surface area contributed by atoms with Gasteiger partial charge in [0, 0.05) is 95.9 Å². The minimum absolute atomic E-state index is 0.175. The molecule has 5 aromatic carbocycles. The molecule has 2 fully saturated rings. The summed E-state index contributed by atoms with van der Waals surface area (Å²) in [6, 6.07) is 44.8. The van der Waals surface area contributed by atoms with E-state index in [9.17, 15) is 0 Å². The number of aromatic nitrogens is 8. The highest BCUT2D eigenvalue weighted by molar-refractivity contribution is 5.67. The van der Waals surface area contributed by atoms with Gasteiger partial charge in [0.2, 0.25) is 0 Å². The summed E-state index contributed by atoms with van der Waals surface area (Å²) in [7, 11) is 8.76. The van der Waals surface area contributed by atoms with E-state index in [1.165, 1.54) is 116 Å². The third-order valence-electron chi connectivity index (χ3n) is 19.1. The third-order valence-corrected chi connectivity index (χ3v) is 19.1. The van der Waals surface area contributed by atoms with Crippen LogP contribution in [0.15, 0.2) is 165 Å². The topological polar surface area (TPSA) is 130 Å². The van der Waals surface area contributed by atoms with Crippen LogP contribution >= 0.6 is 0 Å². The summed E-state index contributed by atoms with van der Waals surface area (Å²) in [6.07, 6.45) is 27.2. The van der Waals surface area contributed by atoms with E-state index in [1.807, 2.05) is 94.8 Å². The third kappa shape index (κ3) is 27.7. The highest BCUT2D eigenvalue weighted by Gasteiger charge is 2.26. The second-order valence-corrected chi connectivity index (χ2v) is 30.7. The van der Waals surface area contributed by atoms with Crippen LogP contribution in [-0.2, 0) is 44.0 Å². The normalized spacial score (nSPS) is 13.8. The average molecular weight is 1470 g/mol. The molecule has 1 aliphatic heterocycles. The van der Waals surface area contributed by atoms with Gasteiger partial charge in [0.15, 0.2) is 0 Å². The SMILES string of the molecule is C=CCn1cc(CN(C)CCCC)c(-c2ccc(OC(C)C)cc2)n1.CCCCN(C)Cc1cn(C2CCOC2)nc1-c1ccc(OC(C)C)cc1.CCCCN(C)Cc1cn(Cc2ccccc2)nc1-c1ccc(OC(C)C)cc1.CCCCN(C)Cc1cnn(C2CCCC2)c1-c1ccc(OC(C)C)cc1. The van der Waals surface area contributed by atoms with Crippen LogP contribution in [0, 0.1) is 0 Å². The first kappa shape index (κ1) is 85.3. The first-order chi connectivity index (χ1) is 52.2. The van der Waals surface area contributed by atoms with Crippen LogP contribution in [0.3, 0.4) is 0 Å². The lowest BCUT2D eigenvalue weighted by atomic mass is 10.1. The van der Waals surface area contributed by atoms with Crippen LogP contribution in [0.25, 0.3) is 45.0 Å². The molecule has 4 aromatic heterocycles. The Bertz CT molecular complexity index is 3940. The van der Waals surface area contributed by atoms with Crippen molar-refractivity contribution in [3.05, 3.63) is 193 Å². The van der Waals surface area contributed by atoms with Gasteiger partial charge in [-0.3, -0.25) is 18.7 Å². The fourth-order valence-electron chi connectivity index (χ4n) is 13.7. The largest absolute Gasteiger partial charge is 0.491 e. The van der Waals surface area contributed by atoms with Gasteiger partial charge in [-0.2, -0.15) is 20.4 Å². The van der Waals surface area contributed by atoms with Crippen LogP contribution in [0.1, 0.15) is 206 Å². The zero-order valence-electron chi connectivity index (χ0n) is 68.8. The van der Waals surface area contributed by atoms with Crippen molar-refractivity contribution in [3.8, 4) is 68.0 Å². The van der Waals surface area contributed by atoms with Gasteiger partial charge in [0.05, 0.1) is 85.2 Å². The summed E-state index contributed by atoms with van der Waals surface area (Å²) in [5, 5.41) is 19.5. The molecule has 17 heteroatoms. The van der Waals surface area contributed by atoms with Crippen LogP contribution in [-0.4, -0.2) is 151 Å². The zero-order chi connectivity index (χ0) is 77.3. The van der Waals surface area contributed by atoms with Crippen molar-refractivity contribution in [2.24, 2.45) is 0 Å². The van der Waals surface area contributed by atoms with E-state index in [2.05, 4.69) is 220 Å². The second kappa shape index (κ2) is 45.0. The molecule has 9 aromatic rings. The number of unbranched alkanes of at least 4 members (excludes halogenated alkanes) is 4. The van der Waals surface area contributed by atoms with Gasteiger partial charge in [-0.1, -0.05) is 103 Å². The van der Waals surface area contributed by atoms with Crippen molar-refractivity contribution in [2.45, 2.75) is 242 Å². The van der Waals surface area contributed by atoms with Gasteiger partial charge >= 0.3 is 0 Å². The molecule has 0 N–H and O–H groups in total. The molecule has 17 nitrogen and oxygen atoms in total. The van der Waals surface area contributed by atoms with Crippen molar-refractivity contribution in [1.82, 2.24) is 58.7 Å². The molecule has 1 unspecified atom stereocenters. The predicted octanol–water partition coefficient (Wildman–Crippen LogP) is 20.6. The fourth-order valence-corrected chi connectivity index (χ4v) is 13.7. The van der Waals surface area contributed by atoms with Crippen molar-refractivity contribution in [2.75, 3.05) is 67.6 Å². The summed E-state index contributed by atoms with van der Waals surface area (Å²) in [4.78, 5) is 9.54. The highest BCUT2D eigenvalue weighted by Crippen LogP contribution is 2.37. The van der Waals surface area contributed by atoms with Gasteiger partial charge in [0.25, 0.3) is 0 Å². The molecule has 0 amide bonds. The molecule has 0 radical (unpaired) electrons. The van der Waals surface area contributed by atoms with E-state index in [0.29, 0.717) is 12.1 Å². The molecule has 5 heterocycles. The van der Waals surface area contributed by atoms with E-state index >= 15 is 0 Å². The Morgan fingerprint density at radius 1 is 0.454 bits per heavy atom. The van der Waals surface area contributed by atoms with Gasteiger partial charge in [-0.25, -0.2) is 0 Å². The van der Waals surface area contributed by atoms with Gasteiger partial charge in [0.1, 0.15) is 23.0 Å². The van der Waals surface area contributed by atoms with E-state index in [0.717, 1.165) is 142 Å². The minimum atomic E-state index is 0.175. The Labute approximate surface area is 649 Å². The molecule has 108 heavy (non-hydrogen) atoms. The number of hydrogen-bond acceptors (Lipinski definition) is 13. The monoisotopic (exact) mass is 1470 g/mol. The number of allylic oxidation sites excluding steroid dienone is 1. The van der Waals surface area contributed by atoms with Crippen molar-refractivity contribution >= 4 is 0 Å². The number of nitrogens with zero attached hydrogens (tertiary/aromatic N) is 12. The van der Waals surface area contributed by atoms with Crippen LogP contribution < -0.4 is 18.9 Å². The molecule has 11 rings (SSSR count). The molecule has 586 valence electrons. The number of benzene rings is 5. The van der Waals surface area contributed by atoms with Crippen molar-refractivity contribution in [1.29, 1.82) is 0 Å². The van der Waals surface area contributed by atoms with Gasteiger partial charge in [-0.15, -0.1) is 6.58 Å². The number of rotatable bonds is 38. The zero-order valence-corrected chi connectivity index (χ0v) is 68.8. The first-order valence-electron chi connectivity index (χ1n) is 40.5. The Morgan fingerprint density at radius 3 is 1.22 bits per heavy atom. The lowest BCUT2D eigenvalue weighted by Crippen LogP contribution is -2.19. The minimum Gasteiger partial charge on any atom is -0.491 e. The fraction of sp³-hybridized carbons (Fsp3) is 0.516. The molecule has 0 bridgehead atoms. The van der Waals surface area contributed by atoms with Crippen LogP contribution in [0.5, 0.6) is 23.0 Å². The smallest absolute Gasteiger partial charge is 0.119 e. The molecule has 1 aliphatic carbocycles. The van der Waals surface area contributed by atoms with Crippen molar-refractivity contribution in [3.63, 3.8) is 0 Å². The molecule has 1 atom stereocenters. The maximum atomic E-state index is 5.83. The van der Waals surface area contributed by atoms with E-state index in [-0.39, 0.29) is 24.4 Å². The molecular formula is C91H132N12O5. The van der Waals surface area contributed by atoms with Crippen LogP contribution in [0.2, 0.25) is 0 Å². The maximum Gasteiger partial charge on any atom is 0.119 e. The summed E-state index contributed by atoms with van der Waals surface area (Å²) in [6.45, 7) is 40.3. The summed E-state index contributed by atoms with van der Waals surface area (Å²) >= 11 is 0. The predicted molar refractivity (Wildman–Crippen MR) is 446 cm³/mol. The molecule has 1 saturated heterocycles. The maximum absolute atomic E-state index is 5.83. The number of ether oxygens (including phenoxy) is 5. The molecule has 0 spiro atoms. The Hall–Kier alpha value is -8.32. The number of hydrogen-bond donors (Lipinski definition) is 0. The lowest BCUT2D eigenvalue weighted by molar-refractivity contribution is 0.184. The van der Waals surface area contributed by atoms with Gasteiger partial charge < -0.3 is 43.3 Å². The Balaban J connectivity index is 0.000000182.